The highest BCUT2D eigenvalue weighted by Crippen LogP contribution is 2.32. The summed E-state index contributed by atoms with van der Waals surface area (Å²) in [7, 11) is 0. The molecule has 5 nitrogen and oxygen atoms in total. The SMILES string of the molecule is CC[C@@]1(c2ccccc2)NC(=O)N(CN2CCCCC2)C1=O. The van der Waals surface area contributed by atoms with Gasteiger partial charge < -0.3 is 5.32 Å². The number of hydrogen-bond acceptors (Lipinski definition) is 3. The molecule has 5 heteroatoms. The Labute approximate surface area is 131 Å². The lowest BCUT2D eigenvalue weighted by molar-refractivity contribution is -0.133. The molecule has 2 aliphatic heterocycles. The largest absolute Gasteiger partial charge is 0.326 e. The summed E-state index contributed by atoms with van der Waals surface area (Å²) < 4.78 is 0. The normalized spacial score (nSPS) is 26.3. The van der Waals surface area contributed by atoms with Crippen LogP contribution in [-0.4, -0.2) is 41.5 Å². The molecular formula is C17H23N3O2. The first-order valence-corrected chi connectivity index (χ1v) is 8.09. The standard InChI is InChI=1S/C17H23N3O2/c1-2-17(14-9-5-3-6-10-14)15(21)20(16(22)18-17)13-19-11-7-4-8-12-19/h3,5-6,9-10H,2,4,7-8,11-13H2,1H3,(H,18,22)/t17-/m0/s1. The predicted molar refractivity (Wildman–Crippen MR) is 84.1 cm³/mol. The molecule has 1 aromatic carbocycles. The topological polar surface area (TPSA) is 52.7 Å². The number of imide groups is 1. The molecule has 0 radical (unpaired) electrons. The van der Waals surface area contributed by atoms with Gasteiger partial charge in [0, 0.05) is 0 Å². The summed E-state index contributed by atoms with van der Waals surface area (Å²) >= 11 is 0. The van der Waals surface area contributed by atoms with Crippen LogP contribution in [0.25, 0.3) is 0 Å². The number of nitrogens with one attached hydrogen (secondary N) is 1. The monoisotopic (exact) mass is 301 g/mol. The van der Waals surface area contributed by atoms with E-state index in [4.69, 9.17) is 0 Å². The second kappa shape index (κ2) is 6.08. The molecule has 0 bridgehead atoms. The first-order valence-electron chi connectivity index (χ1n) is 8.09. The summed E-state index contributed by atoms with van der Waals surface area (Å²) in [5.74, 6) is -0.128. The Kier molecular flexibility index (Phi) is 4.16. The molecule has 1 atom stereocenters. The van der Waals surface area contributed by atoms with Crippen LogP contribution >= 0.6 is 0 Å². The first-order chi connectivity index (χ1) is 10.7. The maximum Gasteiger partial charge on any atom is 0.326 e. The van der Waals surface area contributed by atoms with E-state index in [1.807, 2.05) is 37.3 Å². The minimum absolute atomic E-state index is 0.128. The highest BCUT2D eigenvalue weighted by atomic mass is 16.2. The molecule has 3 rings (SSSR count). The molecule has 0 saturated carbocycles. The minimum Gasteiger partial charge on any atom is -0.319 e. The number of carbonyl (C=O) groups is 2. The van der Waals surface area contributed by atoms with Gasteiger partial charge in [0.1, 0.15) is 5.54 Å². The molecule has 1 aromatic rings. The van der Waals surface area contributed by atoms with Crippen molar-refractivity contribution in [1.29, 1.82) is 0 Å². The zero-order valence-corrected chi connectivity index (χ0v) is 13.0. The summed E-state index contributed by atoms with van der Waals surface area (Å²) in [4.78, 5) is 28.9. The molecule has 2 fully saturated rings. The lowest BCUT2D eigenvalue weighted by Gasteiger charge is -2.30. The zero-order valence-electron chi connectivity index (χ0n) is 13.0. The number of rotatable bonds is 4. The molecule has 0 aliphatic carbocycles. The average molecular weight is 301 g/mol. The minimum atomic E-state index is -0.909. The Bertz CT molecular complexity index is 554. The smallest absolute Gasteiger partial charge is 0.319 e. The number of nitrogens with zero attached hydrogens (tertiary/aromatic N) is 2. The van der Waals surface area contributed by atoms with Crippen LogP contribution < -0.4 is 5.32 Å². The molecule has 2 aliphatic rings. The van der Waals surface area contributed by atoms with Crippen LogP contribution in [0, 0.1) is 0 Å². The third-order valence-electron chi connectivity index (χ3n) is 4.76. The second-order valence-electron chi connectivity index (χ2n) is 6.11. The van der Waals surface area contributed by atoms with Gasteiger partial charge in [-0.25, -0.2) is 9.69 Å². The summed E-state index contributed by atoms with van der Waals surface area (Å²) in [5.41, 5.74) is -0.0503. The van der Waals surface area contributed by atoms with Crippen molar-refractivity contribution < 1.29 is 9.59 Å². The van der Waals surface area contributed by atoms with Gasteiger partial charge in [0.25, 0.3) is 5.91 Å². The van der Waals surface area contributed by atoms with Gasteiger partial charge in [-0.2, -0.15) is 0 Å². The fourth-order valence-corrected chi connectivity index (χ4v) is 3.42. The van der Waals surface area contributed by atoms with Crippen LogP contribution in [-0.2, 0) is 10.3 Å². The Hall–Kier alpha value is -1.88. The van der Waals surface area contributed by atoms with Crippen molar-refractivity contribution >= 4 is 11.9 Å². The van der Waals surface area contributed by atoms with Crippen molar-refractivity contribution in [3.05, 3.63) is 35.9 Å². The van der Waals surface area contributed by atoms with E-state index in [0.29, 0.717) is 13.1 Å². The number of amides is 3. The number of piperidine rings is 1. The maximum absolute atomic E-state index is 13.0. The van der Waals surface area contributed by atoms with Gasteiger partial charge in [0.2, 0.25) is 0 Å². The van der Waals surface area contributed by atoms with Gasteiger partial charge >= 0.3 is 6.03 Å². The van der Waals surface area contributed by atoms with Crippen molar-refractivity contribution in [2.24, 2.45) is 0 Å². The van der Waals surface area contributed by atoms with E-state index >= 15 is 0 Å². The molecule has 22 heavy (non-hydrogen) atoms. The van der Waals surface area contributed by atoms with Crippen molar-refractivity contribution in [3.63, 3.8) is 0 Å². The second-order valence-corrected chi connectivity index (χ2v) is 6.11. The summed E-state index contributed by atoms with van der Waals surface area (Å²) in [5, 5.41) is 2.93. The molecule has 0 aromatic heterocycles. The van der Waals surface area contributed by atoms with Gasteiger partial charge in [-0.1, -0.05) is 43.7 Å². The highest BCUT2D eigenvalue weighted by molar-refractivity contribution is 6.07. The van der Waals surface area contributed by atoms with E-state index in [2.05, 4.69) is 10.2 Å². The maximum atomic E-state index is 13.0. The number of likely N-dealkylation sites (tertiary alicyclic amines) is 1. The Morgan fingerprint density at radius 2 is 1.77 bits per heavy atom. The van der Waals surface area contributed by atoms with Crippen LogP contribution in [0.1, 0.15) is 38.2 Å². The quantitative estimate of drug-likeness (QED) is 0.868. The van der Waals surface area contributed by atoms with Crippen LogP contribution in [0.4, 0.5) is 4.79 Å². The molecule has 118 valence electrons. The molecule has 2 saturated heterocycles. The Morgan fingerprint density at radius 3 is 2.41 bits per heavy atom. The number of benzene rings is 1. The lowest BCUT2D eigenvalue weighted by Crippen LogP contribution is -2.46. The van der Waals surface area contributed by atoms with Crippen LogP contribution in [0.5, 0.6) is 0 Å². The van der Waals surface area contributed by atoms with Gasteiger partial charge in [0.05, 0.1) is 6.67 Å². The van der Waals surface area contributed by atoms with Crippen LogP contribution in [0.2, 0.25) is 0 Å². The molecule has 0 unspecified atom stereocenters. The van der Waals surface area contributed by atoms with E-state index in [1.54, 1.807) is 0 Å². The third-order valence-corrected chi connectivity index (χ3v) is 4.76. The fraction of sp³-hybridized carbons (Fsp3) is 0.529. The van der Waals surface area contributed by atoms with Crippen molar-refractivity contribution in [3.8, 4) is 0 Å². The van der Waals surface area contributed by atoms with Gasteiger partial charge in [-0.15, -0.1) is 0 Å². The number of hydrogen-bond donors (Lipinski definition) is 1. The zero-order chi connectivity index (χ0) is 15.6. The van der Waals surface area contributed by atoms with Gasteiger partial charge in [0.15, 0.2) is 0 Å². The predicted octanol–water partition coefficient (Wildman–Crippen LogP) is 2.29. The Morgan fingerprint density at radius 1 is 1.09 bits per heavy atom. The van der Waals surface area contributed by atoms with E-state index in [9.17, 15) is 9.59 Å². The van der Waals surface area contributed by atoms with Crippen molar-refractivity contribution in [1.82, 2.24) is 15.1 Å². The van der Waals surface area contributed by atoms with Gasteiger partial charge in [-0.05, 0) is 37.9 Å². The fourth-order valence-electron chi connectivity index (χ4n) is 3.42. The molecule has 2 heterocycles. The van der Waals surface area contributed by atoms with E-state index in [1.165, 1.54) is 11.3 Å². The number of carbonyl (C=O) groups excluding carboxylic acids is 2. The molecule has 1 N–H and O–H groups in total. The van der Waals surface area contributed by atoms with E-state index in [-0.39, 0.29) is 11.9 Å². The van der Waals surface area contributed by atoms with Crippen molar-refractivity contribution in [2.45, 2.75) is 38.1 Å². The Balaban J connectivity index is 1.83. The summed E-state index contributed by atoms with van der Waals surface area (Å²) in [6.45, 7) is 4.26. The van der Waals surface area contributed by atoms with Crippen LogP contribution in [0.15, 0.2) is 30.3 Å². The number of urea groups is 1. The average Bonchev–Trinajstić information content (AvgIpc) is 2.82. The van der Waals surface area contributed by atoms with E-state index in [0.717, 1.165) is 31.5 Å². The summed E-state index contributed by atoms with van der Waals surface area (Å²) in [6, 6.07) is 9.26. The molecular weight excluding hydrogens is 278 g/mol. The third kappa shape index (κ3) is 2.50. The van der Waals surface area contributed by atoms with E-state index < -0.39 is 5.54 Å². The van der Waals surface area contributed by atoms with Gasteiger partial charge in [-0.3, -0.25) is 9.69 Å². The van der Waals surface area contributed by atoms with Crippen molar-refractivity contribution in [2.75, 3.05) is 19.8 Å². The molecule has 3 amide bonds. The van der Waals surface area contributed by atoms with Crippen LogP contribution in [0.3, 0.4) is 0 Å². The first kappa shape index (κ1) is 15.0. The highest BCUT2D eigenvalue weighted by Gasteiger charge is 2.51. The lowest BCUT2D eigenvalue weighted by atomic mass is 9.87. The summed E-state index contributed by atoms with van der Waals surface area (Å²) in [6.07, 6.45) is 4.07. The molecule has 0 spiro atoms.